The Kier molecular flexibility index (Phi) is 8.02. The summed E-state index contributed by atoms with van der Waals surface area (Å²) in [6, 6.07) is 13.4. The van der Waals surface area contributed by atoms with Crippen LogP contribution >= 0.6 is 0 Å². The molecule has 0 unspecified atom stereocenters. The van der Waals surface area contributed by atoms with Crippen molar-refractivity contribution in [3.63, 3.8) is 0 Å². The molecule has 0 saturated carbocycles. The molecule has 148 valence electrons. The standard InChI is InChI=1S/C21H24N2O5/c1-3-4-5-20(25)28-14-19(24)22-16-8-6-15(7-9-16)21(26)23-17-10-12-18(27-2)13-11-17/h6-13H,3-5,14H2,1-2H3,(H,22,24)(H,23,26). The average Bonchev–Trinajstić information content (AvgIpc) is 2.71. The molecule has 0 bridgehead atoms. The summed E-state index contributed by atoms with van der Waals surface area (Å²) in [6.07, 6.45) is 1.93. The Balaban J connectivity index is 1.83. The van der Waals surface area contributed by atoms with Gasteiger partial charge in [0, 0.05) is 23.4 Å². The highest BCUT2D eigenvalue weighted by atomic mass is 16.5. The number of rotatable bonds is 9. The molecule has 7 nitrogen and oxygen atoms in total. The van der Waals surface area contributed by atoms with Gasteiger partial charge in [0.2, 0.25) is 0 Å². The average molecular weight is 384 g/mol. The molecule has 2 N–H and O–H groups in total. The smallest absolute Gasteiger partial charge is 0.306 e. The summed E-state index contributed by atoms with van der Waals surface area (Å²) in [7, 11) is 1.57. The van der Waals surface area contributed by atoms with Crippen molar-refractivity contribution in [2.24, 2.45) is 0 Å². The molecule has 0 aromatic heterocycles. The summed E-state index contributed by atoms with van der Waals surface area (Å²) >= 11 is 0. The van der Waals surface area contributed by atoms with Gasteiger partial charge in [-0.05, 0) is 55.0 Å². The SMILES string of the molecule is CCCCC(=O)OCC(=O)Nc1ccc(C(=O)Nc2ccc(OC)cc2)cc1. The molecule has 2 aromatic rings. The van der Waals surface area contributed by atoms with Crippen LogP contribution in [0, 0.1) is 0 Å². The summed E-state index contributed by atoms with van der Waals surface area (Å²) in [6.45, 7) is 1.64. The second-order valence-corrected chi connectivity index (χ2v) is 6.07. The van der Waals surface area contributed by atoms with Gasteiger partial charge >= 0.3 is 5.97 Å². The van der Waals surface area contributed by atoms with Crippen molar-refractivity contribution >= 4 is 29.2 Å². The fourth-order valence-electron chi connectivity index (χ4n) is 2.32. The minimum Gasteiger partial charge on any atom is -0.497 e. The van der Waals surface area contributed by atoms with Crippen molar-refractivity contribution in [3.8, 4) is 5.75 Å². The van der Waals surface area contributed by atoms with Crippen LogP contribution < -0.4 is 15.4 Å². The summed E-state index contributed by atoms with van der Waals surface area (Å²) in [5.41, 5.74) is 1.60. The third-order valence-corrected chi connectivity index (χ3v) is 3.88. The summed E-state index contributed by atoms with van der Waals surface area (Å²) in [5, 5.41) is 5.40. The molecule has 0 aliphatic heterocycles. The van der Waals surface area contributed by atoms with E-state index in [1.54, 1.807) is 55.6 Å². The first kappa shape index (κ1) is 21.0. The molecule has 0 aliphatic rings. The number of ether oxygens (including phenoxy) is 2. The Morgan fingerprint density at radius 3 is 2.11 bits per heavy atom. The number of hydrogen-bond acceptors (Lipinski definition) is 5. The predicted molar refractivity (Wildman–Crippen MR) is 107 cm³/mol. The summed E-state index contributed by atoms with van der Waals surface area (Å²) in [4.78, 5) is 35.5. The summed E-state index contributed by atoms with van der Waals surface area (Å²) in [5.74, 6) is -0.384. The number of anilines is 2. The number of methoxy groups -OCH3 is 1. The number of nitrogens with one attached hydrogen (secondary N) is 2. The maximum Gasteiger partial charge on any atom is 0.306 e. The zero-order chi connectivity index (χ0) is 20.4. The van der Waals surface area contributed by atoms with E-state index in [1.165, 1.54) is 0 Å². The largest absolute Gasteiger partial charge is 0.497 e. The molecule has 28 heavy (non-hydrogen) atoms. The number of benzene rings is 2. The monoisotopic (exact) mass is 384 g/mol. The minimum atomic E-state index is -0.430. The van der Waals surface area contributed by atoms with Gasteiger partial charge in [0.25, 0.3) is 11.8 Å². The van der Waals surface area contributed by atoms with Gasteiger partial charge in [0.05, 0.1) is 7.11 Å². The van der Waals surface area contributed by atoms with E-state index >= 15 is 0 Å². The van der Waals surface area contributed by atoms with Gasteiger partial charge in [-0.25, -0.2) is 0 Å². The predicted octanol–water partition coefficient (Wildman–Crippen LogP) is 3.62. The quantitative estimate of drug-likeness (QED) is 0.644. The highest BCUT2D eigenvalue weighted by Crippen LogP contribution is 2.16. The molecule has 0 fully saturated rings. The lowest BCUT2D eigenvalue weighted by Crippen LogP contribution is -2.20. The highest BCUT2D eigenvalue weighted by Gasteiger charge is 2.09. The Morgan fingerprint density at radius 1 is 0.893 bits per heavy atom. The van der Waals surface area contributed by atoms with Gasteiger partial charge < -0.3 is 20.1 Å². The van der Waals surface area contributed by atoms with Crippen LogP contribution in [0.5, 0.6) is 5.75 Å². The van der Waals surface area contributed by atoms with Gasteiger partial charge in [0.15, 0.2) is 6.61 Å². The molecular formula is C21H24N2O5. The van der Waals surface area contributed by atoms with Crippen molar-refractivity contribution in [1.82, 2.24) is 0 Å². The number of hydrogen-bond donors (Lipinski definition) is 2. The first-order valence-electron chi connectivity index (χ1n) is 9.02. The van der Waals surface area contributed by atoms with E-state index in [1.807, 2.05) is 6.92 Å². The molecule has 7 heteroatoms. The Morgan fingerprint density at radius 2 is 1.50 bits per heavy atom. The van der Waals surface area contributed by atoms with E-state index in [2.05, 4.69) is 10.6 Å². The Bertz CT molecular complexity index is 801. The Labute approximate surface area is 164 Å². The maximum absolute atomic E-state index is 12.3. The maximum atomic E-state index is 12.3. The van der Waals surface area contributed by atoms with Crippen LogP contribution in [0.1, 0.15) is 36.5 Å². The van der Waals surface area contributed by atoms with Crippen molar-refractivity contribution in [1.29, 1.82) is 0 Å². The molecule has 0 spiro atoms. The number of unbranched alkanes of at least 4 members (excludes halogenated alkanes) is 1. The first-order chi connectivity index (χ1) is 13.5. The summed E-state index contributed by atoms with van der Waals surface area (Å²) < 4.78 is 9.98. The second-order valence-electron chi connectivity index (χ2n) is 6.07. The number of esters is 1. The Hall–Kier alpha value is -3.35. The van der Waals surface area contributed by atoms with E-state index < -0.39 is 5.91 Å². The molecule has 2 aromatic carbocycles. The van der Waals surface area contributed by atoms with E-state index in [0.29, 0.717) is 29.1 Å². The fraction of sp³-hybridized carbons (Fsp3) is 0.286. The zero-order valence-corrected chi connectivity index (χ0v) is 16.0. The lowest BCUT2D eigenvalue weighted by Gasteiger charge is -2.08. The van der Waals surface area contributed by atoms with Crippen molar-refractivity contribution < 1.29 is 23.9 Å². The van der Waals surface area contributed by atoms with Crippen LogP contribution in [-0.4, -0.2) is 31.5 Å². The lowest BCUT2D eigenvalue weighted by molar-refractivity contribution is -0.147. The molecule has 0 heterocycles. The number of carbonyl (C=O) groups is 3. The minimum absolute atomic E-state index is 0.270. The molecule has 2 rings (SSSR count). The molecule has 0 aliphatic carbocycles. The normalized spacial score (nSPS) is 10.1. The number of amides is 2. The molecule has 0 saturated heterocycles. The van der Waals surface area contributed by atoms with E-state index in [0.717, 1.165) is 12.8 Å². The van der Waals surface area contributed by atoms with E-state index in [9.17, 15) is 14.4 Å². The van der Waals surface area contributed by atoms with Crippen molar-refractivity contribution in [2.45, 2.75) is 26.2 Å². The van der Waals surface area contributed by atoms with E-state index in [4.69, 9.17) is 9.47 Å². The van der Waals surface area contributed by atoms with Crippen molar-refractivity contribution in [2.75, 3.05) is 24.4 Å². The number of carbonyl (C=O) groups excluding carboxylic acids is 3. The van der Waals surface area contributed by atoms with Crippen LogP contribution in [0.2, 0.25) is 0 Å². The van der Waals surface area contributed by atoms with Crippen LogP contribution in [0.4, 0.5) is 11.4 Å². The molecule has 0 radical (unpaired) electrons. The van der Waals surface area contributed by atoms with Gasteiger partial charge in [-0.2, -0.15) is 0 Å². The van der Waals surface area contributed by atoms with E-state index in [-0.39, 0.29) is 18.5 Å². The fourth-order valence-corrected chi connectivity index (χ4v) is 2.32. The zero-order valence-electron chi connectivity index (χ0n) is 16.0. The topological polar surface area (TPSA) is 93.7 Å². The molecule has 2 amide bonds. The van der Waals surface area contributed by atoms with Crippen LogP contribution in [0.15, 0.2) is 48.5 Å². The van der Waals surface area contributed by atoms with Gasteiger partial charge in [-0.15, -0.1) is 0 Å². The van der Waals surface area contributed by atoms with Crippen molar-refractivity contribution in [3.05, 3.63) is 54.1 Å². The van der Waals surface area contributed by atoms with Crippen LogP contribution in [-0.2, 0) is 14.3 Å². The highest BCUT2D eigenvalue weighted by molar-refractivity contribution is 6.04. The third kappa shape index (κ3) is 6.75. The second kappa shape index (κ2) is 10.7. The van der Waals surface area contributed by atoms with Crippen LogP contribution in [0.3, 0.4) is 0 Å². The first-order valence-corrected chi connectivity index (χ1v) is 9.02. The van der Waals surface area contributed by atoms with Gasteiger partial charge in [-0.1, -0.05) is 13.3 Å². The third-order valence-electron chi connectivity index (χ3n) is 3.88. The van der Waals surface area contributed by atoms with Gasteiger partial charge in [0.1, 0.15) is 5.75 Å². The molecule has 0 atom stereocenters. The molecular weight excluding hydrogens is 360 g/mol. The lowest BCUT2D eigenvalue weighted by atomic mass is 10.2. The van der Waals surface area contributed by atoms with Gasteiger partial charge in [-0.3, -0.25) is 14.4 Å². The van der Waals surface area contributed by atoms with Crippen LogP contribution in [0.25, 0.3) is 0 Å².